The maximum Gasteiger partial charge on any atom is 0.318 e. The van der Waals surface area contributed by atoms with Crippen LogP contribution < -0.4 is 5.32 Å². The number of carbonyl (C=O) groups is 1. The van der Waals surface area contributed by atoms with E-state index >= 15 is 0 Å². The van der Waals surface area contributed by atoms with Crippen molar-refractivity contribution in [3.05, 3.63) is 47.8 Å². The van der Waals surface area contributed by atoms with Crippen LogP contribution in [0, 0.1) is 11.7 Å². The fourth-order valence-electron chi connectivity index (χ4n) is 3.32. The zero-order valence-corrected chi connectivity index (χ0v) is 14.1. The fraction of sp³-hybridized carbons (Fsp3) is 0.471. The van der Waals surface area contributed by atoms with E-state index in [0.717, 1.165) is 12.0 Å². The van der Waals surface area contributed by atoms with Gasteiger partial charge >= 0.3 is 6.03 Å². The number of hydrogen-bond donors (Lipinski definition) is 1. The van der Waals surface area contributed by atoms with Crippen molar-refractivity contribution in [2.45, 2.75) is 32.4 Å². The smallest absolute Gasteiger partial charge is 0.318 e. The fourth-order valence-corrected chi connectivity index (χ4v) is 3.32. The molecule has 24 heavy (non-hydrogen) atoms. The topological polar surface area (TPSA) is 63.1 Å². The van der Waals surface area contributed by atoms with E-state index < -0.39 is 0 Å². The molecule has 1 aliphatic heterocycles. The Morgan fingerprint density at radius 1 is 1.46 bits per heavy atom. The van der Waals surface area contributed by atoms with Crippen LogP contribution in [0.3, 0.4) is 0 Å². The summed E-state index contributed by atoms with van der Waals surface area (Å²) in [5.74, 6) is 0.784. The highest BCUT2D eigenvalue weighted by atomic mass is 19.1. The van der Waals surface area contributed by atoms with Crippen molar-refractivity contribution in [3.63, 3.8) is 0 Å². The predicted octanol–water partition coefficient (Wildman–Crippen LogP) is 2.81. The van der Waals surface area contributed by atoms with E-state index in [1.165, 1.54) is 12.1 Å². The molecule has 3 unspecified atom stereocenters. The monoisotopic (exact) mass is 331 g/mol. The minimum atomic E-state index is -0.278. The number of amides is 2. The standard InChI is InChI=1S/C17H22FN5O/c1-11-7-15(13-5-4-6-14(18)8-13)23(9-11)17(24)20-12(2)16-21-19-10-22(16)3/h4-6,8,10-12,15H,7,9H2,1-3H3,(H,20,24). The summed E-state index contributed by atoms with van der Waals surface area (Å²) in [7, 11) is 1.84. The molecule has 6 nitrogen and oxygen atoms in total. The van der Waals surface area contributed by atoms with Gasteiger partial charge in [-0.15, -0.1) is 10.2 Å². The first-order chi connectivity index (χ1) is 11.5. The van der Waals surface area contributed by atoms with Crippen LogP contribution >= 0.6 is 0 Å². The van der Waals surface area contributed by atoms with Crippen LogP contribution in [-0.2, 0) is 7.05 Å². The van der Waals surface area contributed by atoms with Crippen molar-refractivity contribution in [1.82, 2.24) is 25.0 Å². The van der Waals surface area contributed by atoms with Crippen LogP contribution in [-0.4, -0.2) is 32.2 Å². The van der Waals surface area contributed by atoms with Crippen molar-refractivity contribution in [2.24, 2.45) is 13.0 Å². The number of halogens is 1. The highest BCUT2D eigenvalue weighted by molar-refractivity contribution is 5.75. The molecule has 7 heteroatoms. The summed E-state index contributed by atoms with van der Waals surface area (Å²) >= 11 is 0. The average molecular weight is 331 g/mol. The second-order valence-corrected chi connectivity index (χ2v) is 6.54. The van der Waals surface area contributed by atoms with Crippen LogP contribution in [0.2, 0.25) is 0 Å². The lowest BCUT2D eigenvalue weighted by Crippen LogP contribution is -2.41. The van der Waals surface area contributed by atoms with Gasteiger partial charge in [-0.25, -0.2) is 9.18 Å². The van der Waals surface area contributed by atoms with Crippen molar-refractivity contribution in [1.29, 1.82) is 0 Å². The number of likely N-dealkylation sites (tertiary alicyclic amines) is 1. The SMILES string of the molecule is CC1CC(c2cccc(F)c2)N(C(=O)NC(C)c2nncn2C)C1. The van der Waals surface area contributed by atoms with Crippen molar-refractivity contribution < 1.29 is 9.18 Å². The van der Waals surface area contributed by atoms with Crippen LogP contribution in [0.5, 0.6) is 0 Å². The molecule has 2 aromatic rings. The molecule has 1 fully saturated rings. The van der Waals surface area contributed by atoms with Crippen molar-refractivity contribution in [3.8, 4) is 0 Å². The van der Waals surface area contributed by atoms with Crippen molar-refractivity contribution in [2.75, 3.05) is 6.54 Å². The van der Waals surface area contributed by atoms with E-state index in [-0.39, 0.29) is 23.9 Å². The molecule has 0 radical (unpaired) electrons. The summed E-state index contributed by atoms with van der Waals surface area (Å²) in [4.78, 5) is 14.5. The molecule has 0 bridgehead atoms. The van der Waals surface area contributed by atoms with Gasteiger partial charge < -0.3 is 14.8 Å². The molecule has 1 aliphatic rings. The van der Waals surface area contributed by atoms with Crippen LogP contribution in [0.4, 0.5) is 9.18 Å². The Hall–Kier alpha value is -2.44. The number of aromatic nitrogens is 3. The summed E-state index contributed by atoms with van der Waals surface area (Å²) < 4.78 is 15.3. The van der Waals surface area contributed by atoms with E-state index in [4.69, 9.17) is 0 Å². The highest BCUT2D eigenvalue weighted by Crippen LogP contribution is 2.35. The first-order valence-electron chi connectivity index (χ1n) is 8.12. The minimum Gasteiger partial charge on any atom is -0.328 e. The quantitative estimate of drug-likeness (QED) is 0.941. The Bertz CT molecular complexity index is 731. The Morgan fingerprint density at radius 2 is 2.25 bits per heavy atom. The molecule has 0 saturated carbocycles. The number of urea groups is 1. The Kier molecular flexibility index (Phi) is 4.51. The number of aryl methyl sites for hydroxylation is 1. The summed E-state index contributed by atoms with van der Waals surface area (Å²) in [5, 5.41) is 10.8. The van der Waals surface area contributed by atoms with Crippen molar-refractivity contribution >= 4 is 6.03 Å². The molecular weight excluding hydrogens is 309 g/mol. The third-order valence-electron chi connectivity index (χ3n) is 4.48. The number of nitrogens with one attached hydrogen (secondary N) is 1. The van der Waals surface area contributed by atoms with E-state index in [2.05, 4.69) is 22.4 Å². The number of rotatable bonds is 3. The molecule has 1 aromatic heterocycles. The summed E-state index contributed by atoms with van der Waals surface area (Å²) in [6.45, 7) is 4.63. The molecule has 1 aromatic carbocycles. The third kappa shape index (κ3) is 3.25. The number of carbonyl (C=O) groups excluding carboxylic acids is 1. The molecular formula is C17H22FN5O. The second kappa shape index (κ2) is 6.59. The van der Waals surface area contributed by atoms with Gasteiger partial charge in [-0.1, -0.05) is 19.1 Å². The minimum absolute atomic E-state index is 0.109. The molecule has 1 saturated heterocycles. The van der Waals surface area contributed by atoms with Gasteiger partial charge in [0.2, 0.25) is 0 Å². The Morgan fingerprint density at radius 3 is 2.92 bits per heavy atom. The largest absolute Gasteiger partial charge is 0.328 e. The van der Waals surface area contributed by atoms with Gasteiger partial charge in [0.05, 0.1) is 12.1 Å². The number of hydrogen-bond acceptors (Lipinski definition) is 3. The lowest BCUT2D eigenvalue weighted by atomic mass is 10.0. The van der Waals surface area contributed by atoms with Gasteiger partial charge in [-0.3, -0.25) is 0 Å². The predicted molar refractivity (Wildman–Crippen MR) is 87.6 cm³/mol. The Balaban J connectivity index is 1.76. The number of benzene rings is 1. The van der Waals surface area contributed by atoms with Gasteiger partial charge in [-0.2, -0.15) is 0 Å². The normalized spacial score (nSPS) is 21.8. The molecule has 128 valence electrons. The molecule has 2 heterocycles. The van der Waals surface area contributed by atoms with Crippen LogP contribution in [0.25, 0.3) is 0 Å². The van der Waals surface area contributed by atoms with Gasteiger partial charge in [0.1, 0.15) is 12.1 Å². The first kappa shape index (κ1) is 16.4. The zero-order chi connectivity index (χ0) is 17.3. The van der Waals surface area contributed by atoms with Crippen LogP contribution in [0.15, 0.2) is 30.6 Å². The molecule has 1 N–H and O–H groups in total. The maximum atomic E-state index is 13.5. The van der Waals surface area contributed by atoms with E-state index in [0.29, 0.717) is 18.3 Å². The van der Waals surface area contributed by atoms with Crippen LogP contribution in [0.1, 0.15) is 43.7 Å². The summed E-state index contributed by atoms with van der Waals surface area (Å²) in [6, 6.07) is 5.96. The van der Waals surface area contributed by atoms with Gasteiger partial charge in [0.25, 0.3) is 0 Å². The first-order valence-corrected chi connectivity index (χ1v) is 8.12. The lowest BCUT2D eigenvalue weighted by molar-refractivity contribution is 0.188. The lowest BCUT2D eigenvalue weighted by Gasteiger charge is -2.27. The van der Waals surface area contributed by atoms with E-state index in [1.54, 1.807) is 21.9 Å². The summed E-state index contributed by atoms with van der Waals surface area (Å²) in [6.07, 6.45) is 2.43. The molecule has 3 atom stereocenters. The highest BCUT2D eigenvalue weighted by Gasteiger charge is 2.35. The molecule has 3 rings (SSSR count). The van der Waals surface area contributed by atoms with Gasteiger partial charge in [0, 0.05) is 13.6 Å². The average Bonchev–Trinajstić information content (AvgIpc) is 3.13. The third-order valence-corrected chi connectivity index (χ3v) is 4.48. The van der Waals surface area contributed by atoms with Gasteiger partial charge in [0.15, 0.2) is 5.82 Å². The zero-order valence-electron chi connectivity index (χ0n) is 14.1. The van der Waals surface area contributed by atoms with Gasteiger partial charge in [-0.05, 0) is 37.0 Å². The molecule has 0 aliphatic carbocycles. The number of nitrogens with zero attached hydrogens (tertiary/aromatic N) is 4. The molecule has 2 amide bonds. The Labute approximate surface area is 140 Å². The molecule has 0 spiro atoms. The van der Waals surface area contributed by atoms with E-state index in [9.17, 15) is 9.18 Å². The maximum absolute atomic E-state index is 13.5. The van der Waals surface area contributed by atoms with E-state index in [1.807, 2.05) is 20.0 Å². The second-order valence-electron chi connectivity index (χ2n) is 6.54. The summed E-state index contributed by atoms with van der Waals surface area (Å²) in [5.41, 5.74) is 0.834.